The van der Waals surface area contributed by atoms with E-state index in [2.05, 4.69) is 25.1 Å². The number of fused-ring (bicyclic) bond motifs is 1. The molecule has 206 valence electrons. The molecular formula is C31H38N2O5Si. The SMILES string of the molecule is CCCN1C(=O)c2ccccc2C1(ONC(=O)c1ccc(C)cc1)c1ccc(OCOCC[Si](C)(C)C)cc1. The molecule has 7 nitrogen and oxygen atoms in total. The normalized spacial score (nSPS) is 16.7. The maximum Gasteiger partial charge on any atom is 0.274 e. The Morgan fingerprint density at radius 1 is 0.974 bits per heavy atom. The minimum Gasteiger partial charge on any atom is -0.468 e. The third-order valence-corrected chi connectivity index (χ3v) is 8.46. The van der Waals surface area contributed by atoms with Gasteiger partial charge in [0.2, 0.25) is 5.72 Å². The third kappa shape index (κ3) is 6.41. The first kappa shape index (κ1) is 28.5. The number of amides is 2. The molecule has 1 N–H and O–H groups in total. The smallest absolute Gasteiger partial charge is 0.274 e. The lowest BCUT2D eigenvalue weighted by Gasteiger charge is -2.38. The van der Waals surface area contributed by atoms with Gasteiger partial charge < -0.3 is 14.4 Å². The van der Waals surface area contributed by atoms with Crippen molar-refractivity contribution in [2.45, 2.75) is 51.7 Å². The quantitative estimate of drug-likeness (QED) is 0.128. The zero-order valence-electron chi connectivity index (χ0n) is 23.5. The van der Waals surface area contributed by atoms with Crippen molar-refractivity contribution in [3.63, 3.8) is 0 Å². The van der Waals surface area contributed by atoms with E-state index >= 15 is 0 Å². The number of carbonyl (C=O) groups excluding carboxylic acids is 2. The number of benzene rings is 3. The van der Waals surface area contributed by atoms with Crippen molar-refractivity contribution in [2.24, 2.45) is 0 Å². The van der Waals surface area contributed by atoms with Crippen molar-refractivity contribution in [2.75, 3.05) is 19.9 Å². The lowest BCUT2D eigenvalue weighted by atomic mass is 9.93. The van der Waals surface area contributed by atoms with Crippen molar-refractivity contribution < 1.29 is 23.9 Å². The number of rotatable bonds is 12. The Hall–Kier alpha value is -3.46. The summed E-state index contributed by atoms with van der Waals surface area (Å²) >= 11 is 0. The van der Waals surface area contributed by atoms with Crippen LogP contribution in [0.3, 0.4) is 0 Å². The molecule has 0 fully saturated rings. The molecule has 3 aromatic rings. The van der Waals surface area contributed by atoms with Gasteiger partial charge in [-0.25, -0.2) is 10.3 Å². The Labute approximate surface area is 232 Å². The first-order valence-corrected chi connectivity index (χ1v) is 17.1. The second kappa shape index (κ2) is 12.2. The van der Waals surface area contributed by atoms with Crippen LogP contribution in [0.5, 0.6) is 5.75 Å². The molecule has 0 radical (unpaired) electrons. The fourth-order valence-corrected chi connectivity index (χ4v) is 5.33. The van der Waals surface area contributed by atoms with Gasteiger partial charge in [0.25, 0.3) is 11.8 Å². The second-order valence-corrected chi connectivity index (χ2v) is 16.7. The molecule has 1 aliphatic heterocycles. The molecule has 3 aromatic carbocycles. The summed E-state index contributed by atoms with van der Waals surface area (Å²) in [7, 11) is -1.16. The van der Waals surface area contributed by atoms with Gasteiger partial charge in [-0.15, -0.1) is 0 Å². The van der Waals surface area contributed by atoms with E-state index in [0.717, 1.165) is 11.6 Å². The summed E-state index contributed by atoms with van der Waals surface area (Å²) in [6, 6.07) is 23.1. The van der Waals surface area contributed by atoms with Crippen LogP contribution in [-0.4, -0.2) is 44.7 Å². The largest absolute Gasteiger partial charge is 0.468 e. The van der Waals surface area contributed by atoms with Crippen LogP contribution >= 0.6 is 0 Å². The highest BCUT2D eigenvalue weighted by Crippen LogP contribution is 2.45. The van der Waals surface area contributed by atoms with Crippen LogP contribution in [0.1, 0.15) is 50.8 Å². The Balaban J connectivity index is 1.62. The van der Waals surface area contributed by atoms with Gasteiger partial charge in [0, 0.05) is 43.5 Å². The van der Waals surface area contributed by atoms with E-state index in [1.165, 1.54) is 0 Å². The molecule has 2 amide bonds. The van der Waals surface area contributed by atoms with Crippen molar-refractivity contribution in [3.8, 4) is 5.75 Å². The standard InChI is InChI=1S/C31H38N2O5Si/c1-6-19-33-30(35)27-9-7-8-10-28(27)31(33,38-32-29(34)24-13-11-23(2)12-14-24)25-15-17-26(18-16-25)37-22-36-20-21-39(3,4)5/h7-18H,6,19-22H2,1-5H3,(H,32,34). The van der Waals surface area contributed by atoms with Gasteiger partial charge in [-0.1, -0.05) is 74.6 Å². The van der Waals surface area contributed by atoms with Gasteiger partial charge in [-0.2, -0.15) is 0 Å². The van der Waals surface area contributed by atoms with Crippen LogP contribution in [0.2, 0.25) is 25.7 Å². The van der Waals surface area contributed by atoms with Crippen molar-refractivity contribution in [1.29, 1.82) is 0 Å². The Bertz CT molecular complexity index is 1290. The van der Waals surface area contributed by atoms with Crippen molar-refractivity contribution >= 4 is 19.9 Å². The van der Waals surface area contributed by atoms with E-state index in [1.807, 2.05) is 68.4 Å². The topological polar surface area (TPSA) is 77.1 Å². The fourth-order valence-electron chi connectivity index (χ4n) is 4.57. The fraction of sp³-hybridized carbons (Fsp3) is 0.355. The zero-order chi connectivity index (χ0) is 28.0. The average Bonchev–Trinajstić information content (AvgIpc) is 3.16. The number of nitrogens with one attached hydrogen (secondary N) is 1. The highest BCUT2D eigenvalue weighted by atomic mass is 28.3. The Morgan fingerprint density at radius 3 is 2.33 bits per heavy atom. The molecular weight excluding hydrogens is 508 g/mol. The second-order valence-electron chi connectivity index (χ2n) is 11.1. The molecule has 1 heterocycles. The molecule has 0 saturated heterocycles. The van der Waals surface area contributed by atoms with Gasteiger partial charge in [0.1, 0.15) is 5.75 Å². The van der Waals surface area contributed by atoms with E-state index in [9.17, 15) is 9.59 Å². The number of hydroxylamine groups is 1. The summed E-state index contributed by atoms with van der Waals surface area (Å²) in [6.07, 6.45) is 0.715. The monoisotopic (exact) mass is 546 g/mol. The minimum atomic E-state index is -1.34. The van der Waals surface area contributed by atoms with Crippen LogP contribution in [0, 0.1) is 6.92 Å². The molecule has 1 aliphatic rings. The summed E-state index contributed by atoms with van der Waals surface area (Å²) in [6.45, 7) is 12.2. The minimum absolute atomic E-state index is 0.145. The van der Waals surface area contributed by atoms with Gasteiger partial charge in [0.05, 0.1) is 0 Å². The van der Waals surface area contributed by atoms with E-state index in [0.29, 0.717) is 47.6 Å². The van der Waals surface area contributed by atoms with E-state index in [1.54, 1.807) is 23.1 Å². The zero-order valence-corrected chi connectivity index (χ0v) is 24.5. The van der Waals surface area contributed by atoms with Crippen LogP contribution in [-0.2, 0) is 15.3 Å². The number of aryl methyl sites for hydroxylation is 1. The first-order valence-electron chi connectivity index (χ1n) is 13.4. The van der Waals surface area contributed by atoms with Crippen molar-refractivity contribution in [3.05, 3.63) is 101 Å². The molecule has 0 aromatic heterocycles. The summed E-state index contributed by atoms with van der Waals surface area (Å²) in [5, 5.41) is 0. The highest BCUT2D eigenvalue weighted by Gasteiger charge is 2.53. The van der Waals surface area contributed by atoms with E-state index in [-0.39, 0.29) is 12.7 Å². The lowest BCUT2D eigenvalue weighted by molar-refractivity contribution is -0.143. The third-order valence-electron chi connectivity index (χ3n) is 6.75. The number of hydrogen-bond acceptors (Lipinski definition) is 5. The molecule has 4 rings (SSSR count). The average molecular weight is 547 g/mol. The summed E-state index contributed by atoms with van der Waals surface area (Å²) in [4.78, 5) is 34.6. The van der Waals surface area contributed by atoms with Crippen LogP contribution in [0.4, 0.5) is 0 Å². The number of hydrogen-bond donors (Lipinski definition) is 1. The molecule has 39 heavy (non-hydrogen) atoms. The lowest BCUT2D eigenvalue weighted by Crippen LogP contribution is -2.50. The van der Waals surface area contributed by atoms with Gasteiger partial charge in [0.15, 0.2) is 6.79 Å². The summed E-state index contributed by atoms with van der Waals surface area (Å²) < 4.78 is 11.5. The molecule has 0 aliphatic carbocycles. The highest BCUT2D eigenvalue weighted by molar-refractivity contribution is 6.76. The number of carbonyl (C=O) groups is 2. The molecule has 1 atom stereocenters. The maximum atomic E-state index is 13.6. The molecule has 0 bridgehead atoms. The number of nitrogens with zero attached hydrogens (tertiary/aromatic N) is 1. The molecule has 8 heteroatoms. The maximum absolute atomic E-state index is 13.6. The van der Waals surface area contributed by atoms with Crippen LogP contribution in [0.15, 0.2) is 72.8 Å². The van der Waals surface area contributed by atoms with E-state index in [4.69, 9.17) is 14.3 Å². The predicted octanol–water partition coefficient (Wildman–Crippen LogP) is 6.11. The number of ether oxygens (including phenoxy) is 2. The predicted molar refractivity (Wildman–Crippen MR) is 154 cm³/mol. The molecule has 0 spiro atoms. The molecule has 0 saturated carbocycles. The van der Waals surface area contributed by atoms with E-state index < -0.39 is 19.7 Å². The van der Waals surface area contributed by atoms with Crippen molar-refractivity contribution in [1.82, 2.24) is 10.4 Å². The Morgan fingerprint density at radius 2 is 1.67 bits per heavy atom. The molecule has 1 unspecified atom stereocenters. The Kier molecular flexibility index (Phi) is 8.89. The summed E-state index contributed by atoms with van der Waals surface area (Å²) in [5.41, 5.74) is 4.75. The first-order chi connectivity index (χ1) is 18.7. The van der Waals surface area contributed by atoms with Crippen LogP contribution < -0.4 is 10.2 Å². The van der Waals surface area contributed by atoms with Gasteiger partial charge >= 0.3 is 0 Å². The summed E-state index contributed by atoms with van der Waals surface area (Å²) in [5.74, 6) is 0.108. The van der Waals surface area contributed by atoms with Crippen LogP contribution in [0.25, 0.3) is 0 Å². The van der Waals surface area contributed by atoms with Gasteiger partial charge in [-0.3, -0.25) is 9.59 Å². The van der Waals surface area contributed by atoms with Gasteiger partial charge in [-0.05, 0) is 49.7 Å².